The van der Waals surface area contributed by atoms with E-state index >= 15 is 0 Å². The smallest absolute Gasteiger partial charge is 0.163 e. The summed E-state index contributed by atoms with van der Waals surface area (Å²) in [6.07, 6.45) is 4.19. The quantitative estimate of drug-likeness (QED) is 0.731. The Morgan fingerprint density at radius 3 is 2.62 bits per heavy atom. The summed E-state index contributed by atoms with van der Waals surface area (Å²) in [7, 11) is 0. The summed E-state index contributed by atoms with van der Waals surface area (Å²) in [5.74, 6) is 1.33. The number of nitrogens with zero attached hydrogens (tertiary/aromatic N) is 3. The van der Waals surface area contributed by atoms with Crippen molar-refractivity contribution in [2.75, 3.05) is 11.9 Å². The maximum Gasteiger partial charge on any atom is 0.163 e. The molecule has 0 spiro atoms. The van der Waals surface area contributed by atoms with Crippen molar-refractivity contribution in [3.05, 3.63) is 72.2 Å². The van der Waals surface area contributed by atoms with Gasteiger partial charge >= 0.3 is 0 Å². The van der Waals surface area contributed by atoms with E-state index in [0.717, 1.165) is 17.7 Å². The molecule has 0 saturated carbocycles. The van der Waals surface area contributed by atoms with Crippen LogP contribution in [-0.2, 0) is 6.42 Å². The first-order valence-electron chi connectivity index (χ1n) is 7.92. The lowest BCUT2D eigenvalue weighted by molar-refractivity contribution is 0.273. The van der Waals surface area contributed by atoms with Crippen LogP contribution >= 0.6 is 0 Å². The van der Waals surface area contributed by atoms with Crippen LogP contribution < -0.4 is 5.32 Å². The van der Waals surface area contributed by atoms with E-state index in [1.54, 1.807) is 12.4 Å². The third-order valence-electron chi connectivity index (χ3n) is 3.67. The number of pyridine rings is 1. The van der Waals surface area contributed by atoms with Crippen molar-refractivity contribution in [1.82, 2.24) is 15.0 Å². The zero-order valence-corrected chi connectivity index (χ0v) is 13.6. The number of aromatic nitrogens is 3. The van der Waals surface area contributed by atoms with E-state index in [0.29, 0.717) is 11.6 Å². The first kappa shape index (κ1) is 16.1. The van der Waals surface area contributed by atoms with Crippen molar-refractivity contribution < 1.29 is 5.11 Å². The molecule has 0 bridgehead atoms. The van der Waals surface area contributed by atoms with Gasteiger partial charge in [-0.2, -0.15) is 0 Å². The van der Waals surface area contributed by atoms with Crippen LogP contribution in [0.3, 0.4) is 0 Å². The van der Waals surface area contributed by atoms with E-state index in [1.165, 1.54) is 5.56 Å². The van der Waals surface area contributed by atoms with Crippen LogP contribution in [0.4, 0.5) is 5.82 Å². The molecule has 2 heterocycles. The Morgan fingerprint density at radius 2 is 1.92 bits per heavy atom. The highest BCUT2D eigenvalue weighted by Crippen LogP contribution is 2.17. The molecular formula is C19H20N4O. The average molecular weight is 320 g/mol. The van der Waals surface area contributed by atoms with Gasteiger partial charge in [-0.1, -0.05) is 30.3 Å². The van der Waals surface area contributed by atoms with Crippen LogP contribution in [0.25, 0.3) is 11.4 Å². The molecule has 0 aliphatic heterocycles. The van der Waals surface area contributed by atoms with Gasteiger partial charge in [-0.15, -0.1) is 0 Å². The fourth-order valence-corrected chi connectivity index (χ4v) is 2.54. The number of hydrogen-bond acceptors (Lipinski definition) is 5. The van der Waals surface area contributed by atoms with Crippen LogP contribution in [0.1, 0.15) is 11.3 Å². The predicted molar refractivity (Wildman–Crippen MR) is 94.6 cm³/mol. The molecule has 0 fully saturated rings. The number of hydrogen-bond donors (Lipinski definition) is 2. The molecule has 5 nitrogen and oxygen atoms in total. The van der Waals surface area contributed by atoms with E-state index in [1.807, 2.05) is 43.3 Å². The summed E-state index contributed by atoms with van der Waals surface area (Å²) in [6.45, 7) is 1.96. The SMILES string of the molecule is Cc1cc(NC(CO)Cc2ccccc2)nc(-c2cccnc2)n1. The second kappa shape index (κ2) is 7.66. The number of aliphatic hydroxyl groups is 1. The number of rotatable bonds is 6. The number of nitrogens with one attached hydrogen (secondary N) is 1. The summed E-state index contributed by atoms with van der Waals surface area (Å²) in [6, 6.07) is 15.7. The van der Waals surface area contributed by atoms with Gasteiger partial charge in [0.25, 0.3) is 0 Å². The molecule has 0 amide bonds. The van der Waals surface area contributed by atoms with Gasteiger partial charge in [-0.3, -0.25) is 4.98 Å². The molecule has 0 radical (unpaired) electrons. The Morgan fingerprint density at radius 1 is 1.08 bits per heavy atom. The molecule has 1 atom stereocenters. The fourth-order valence-electron chi connectivity index (χ4n) is 2.54. The van der Waals surface area contributed by atoms with Crippen LogP contribution in [0.5, 0.6) is 0 Å². The maximum atomic E-state index is 9.69. The summed E-state index contributed by atoms with van der Waals surface area (Å²) >= 11 is 0. The highest BCUT2D eigenvalue weighted by Gasteiger charge is 2.11. The monoisotopic (exact) mass is 320 g/mol. The first-order valence-corrected chi connectivity index (χ1v) is 7.92. The Balaban J connectivity index is 1.80. The first-order chi connectivity index (χ1) is 11.7. The molecule has 2 N–H and O–H groups in total. The predicted octanol–water partition coefficient (Wildman–Crippen LogP) is 2.86. The Kier molecular flexibility index (Phi) is 5.13. The topological polar surface area (TPSA) is 70.9 Å². The minimum absolute atomic E-state index is 0.0279. The minimum atomic E-state index is -0.108. The van der Waals surface area contributed by atoms with E-state index in [-0.39, 0.29) is 12.6 Å². The van der Waals surface area contributed by atoms with Gasteiger partial charge in [0.05, 0.1) is 12.6 Å². The van der Waals surface area contributed by atoms with Gasteiger partial charge < -0.3 is 10.4 Å². The molecule has 24 heavy (non-hydrogen) atoms. The van der Waals surface area contributed by atoms with Gasteiger partial charge in [0, 0.05) is 29.7 Å². The maximum absolute atomic E-state index is 9.69. The van der Waals surface area contributed by atoms with Crippen LogP contribution in [0.2, 0.25) is 0 Å². The largest absolute Gasteiger partial charge is 0.394 e. The molecule has 2 aromatic heterocycles. The molecule has 122 valence electrons. The molecule has 0 saturated heterocycles. The van der Waals surface area contributed by atoms with Gasteiger partial charge in [0.1, 0.15) is 5.82 Å². The Hall–Kier alpha value is -2.79. The molecule has 0 aliphatic carbocycles. The lowest BCUT2D eigenvalue weighted by atomic mass is 10.1. The van der Waals surface area contributed by atoms with E-state index in [9.17, 15) is 5.11 Å². The molecule has 3 aromatic rings. The number of anilines is 1. The lowest BCUT2D eigenvalue weighted by Gasteiger charge is -2.18. The van der Waals surface area contributed by atoms with Gasteiger partial charge in [0.15, 0.2) is 5.82 Å². The highest BCUT2D eigenvalue weighted by atomic mass is 16.3. The fraction of sp³-hybridized carbons (Fsp3) is 0.211. The van der Waals surface area contributed by atoms with Crippen LogP contribution in [0.15, 0.2) is 60.9 Å². The third-order valence-corrected chi connectivity index (χ3v) is 3.67. The second-order valence-corrected chi connectivity index (χ2v) is 5.67. The molecular weight excluding hydrogens is 300 g/mol. The van der Waals surface area contributed by atoms with Crippen molar-refractivity contribution in [3.8, 4) is 11.4 Å². The summed E-state index contributed by atoms with van der Waals surface area (Å²) < 4.78 is 0. The number of aliphatic hydroxyl groups excluding tert-OH is 1. The molecule has 1 aromatic carbocycles. The van der Waals surface area contributed by atoms with Gasteiger partial charge in [-0.05, 0) is 31.0 Å². The summed E-state index contributed by atoms with van der Waals surface area (Å²) in [4.78, 5) is 13.1. The molecule has 3 rings (SSSR count). The van der Waals surface area contributed by atoms with E-state index in [2.05, 4.69) is 32.4 Å². The van der Waals surface area contributed by atoms with Crippen molar-refractivity contribution in [1.29, 1.82) is 0 Å². The van der Waals surface area contributed by atoms with E-state index < -0.39 is 0 Å². The second-order valence-electron chi connectivity index (χ2n) is 5.67. The van der Waals surface area contributed by atoms with Gasteiger partial charge in [-0.25, -0.2) is 9.97 Å². The zero-order chi connectivity index (χ0) is 16.8. The molecule has 1 unspecified atom stereocenters. The third kappa shape index (κ3) is 4.14. The Bertz CT molecular complexity index is 778. The standard InChI is InChI=1S/C19H20N4O/c1-14-10-18(23-19(21-14)16-8-5-9-20-12-16)22-17(13-24)11-15-6-3-2-4-7-15/h2-10,12,17,24H,11,13H2,1H3,(H,21,22,23). The number of benzene rings is 1. The minimum Gasteiger partial charge on any atom is -0.394 e. The van der Waals surface area contributed by atoms with Crippen molar-refractivity contribution in [3.63, 3.8) is 0 Å². The van der Waals surface area contributed by atoms with Crippen LogP contribution in [0, 0.1) is 6.92 Å². The van der Waals surface area contributed by atoms with Crippen molar-refractivity contribution >= 4 is 5.82 Å². The molecule has 0 aliphatic rings. The van der Waals surface area contributed by atoms with Crippen molar-refractivity contribution in [2.24, 2.45) is 0 Å². The van der Waals surface area contributed by atoms with Gasteiger partial charge in [0.2, 0.25) is 0 Å². The zero-order valence-electron chi connectivity index (χ0n) is 13.6. The summed E-state index contributed by atoms with van der Waals surface area (Å²) in [5.41, 5.74) is 2.90. The molecule has 5 heteroatoms. The number of aryl methyl sites for hydroxylation is 1. The van der Waals surface area contributed by atoms with E-state index in [4.69, 9.17) is 0 Å². The highest BCUT2D eigenvalue weighted by molar-refractivity contribution is 5.56. The Labute approximate surface area is 141 Å². The lowest BCUT2D eigenvalue weighted by Crippen LogP contribution is -2.27. The van der Waals surface area contributed by atoms with Crippen LogP contribution in [-0.4, -0.2) is 32.7 Å². The average Bonchev–Trinajstić information content (AvgIpc) is 2.62. The normalized spacial score (nSPS) is 11.9. The summed E-state index contributed by atoms with van der Waals surface area (Å²) in [5, 5.41) is 13.0. The van der Waals surface area contributed by atoms with Crippen molar-refractivity contribution in [2.45, 2.75) is 19.4 Å².